The molecule has 1 N–H and O–H groups in total. The molecule has 148 valence electrons. The predicted octanol–water partition coefficient (Wildman–Crippen LogP) is 4.25. The number of carbonyl (C=O) groups is 2. The van der Waals surface area contributed by atoms with Crippen molar-refractivity contribution in [3.63, 3.8) is 0 Å². The van der Waals surface area contributed by atoms with Crippen molar-refractivity contribution in [1.82, 2.24) is 5.32 Å². The number of benzene rings is 3. The van der Waals surface area contributed by atoms with E-state index in [0.29, 0.717) is 10.8 Å². The number of hydrogen-bond donors (Lipinski definition) is 1. The maximum absolute atomic E-state index is 11.9. The Kier molecular flexibility index (Phi) is 7.25. The van der Waals surface area contributed by atoms with E-state index in [9.17, 15) is 9.59 Å². The van der Waals surface area contributed by atoms with E-state index in [2.05, 4.69) is 5.32 Å². The normalized spacial score (nSPS) is 10.2. The molecule has 0 fully saturated rings. The Hall–Kier alpha value is -3.31. The lowest BCUT2D eigenvalue weighted by Crippen LogP contribution is -2.29. The number of para-hydroxylation sites is 1. The maximum Gasteiger partial charge on any atom is 0.344 e. The lowest BCUT2D eigenvalue weighted by Gasteiger charge is -2.11. The van der Waals surface area contributed by atoms with Crippen LogP contribution >= 0.6 is 11.6 Å². The fourth-order valence-electron chi connectivity index (χ4n) is 2.66. The van der Waals surface area contributed by atoms with Gasteiger partial charge >= 0.3 is 5.97 Å². The summed E-state index contributed by atoms with van der Waals surface area (Å²) >= 11 is 6.04. The largest absolute Gasteiger partial charge is 0.481 e. The Morgan fingerprint density at radius 2 is 1.52 bits per heavy atom. The van der Waals surface area contributed by atoms with Crippen LogP contribution in [0.3, 0.4) is 0 Å². The molecule has 0 saturated heterocycles. The molecule has 5 nitrogen and oxygen atoms in total. The van der Waals surface area contributed by atoms with Gasteiger partial charge in [0.25, 0.3) is 5.91 Å². The smallest absolute Gasteiger partial charge is 0.344 e. The predicted molar refractivity (Wildman–Crippen MR) is 112 cm³/mol. The molecular formula is C23H20ClNO4. The van der Waals surface area contributed by atoms with Gasteiger partial charge in [0.15, 0.2) is 13.2 Å². The second kappa shape index (κ2) is 10.3. The van der Waals surface area contributed by atoms with E-state index in [-0.39, 0.29) is 19.8 Å². The van der Waals surface area contributed by atoms with Gasteiger partial charge in [0.05, 0.1) is 0 Å². The summed E-state index contributed by atoms with van der Waals surface area (Å²) in [4.78, 5) is 23.8. The molecular weight excluding hydrogens is 390 g/mol. The quantitative estimate of drug-likeness (QED) is 0.565. The van der Waals surface area contributed by atoms with Gasteiger partial charge in [0, 0.05) is 17.1 Å². The summed E-state index contributed by atoms with van der Waals surface area (Å²) in [6, 6.07) is 24.3. The van der Waals surface area contributed by atoms with E-state index in [1.54, 1.807) is 12.1 Å². The summed E-state index contributed by atoms with van der Waals surface area (Å²) in [5, 5.41) is 3.22. The summed E-state index contributed by atoms with van der Waals surface area (Å²) in [5.41, 5.74) is 2.64. The highest BCUT2D eigenvalue weighted by Gasteiger charge is 2.11. The minimum Gasteiger partial charge on any atom is -0.481 e. The van der Waals surface area contributed by atoms with Gasteiger partial charge in [-0.05, 0) is 23.3 Å². The van der Waals surface area contributed by atoms with Crippen LogP contribution in [0.5, 0.6) is 5.75 Å². The van der Waals surface area contributed by atoms with Gasteiger partial charge in [0.1, 0.15) is 5.75 Å². The number of hydrogen-bond acceptors (Lipinski definition) is 4. The van der Waals surface area contributed by atoms with E-state index in [0.717, 1.165) is 16.7 Å². The molecule has 0 radical (unpaired) electrons. The van der Waals surface area contributed by atoms with Crippen molar-refractivity contribution in [2.45, 2.75) is 6.54 Å². The van der Waals surface area contributed by atoms with Crippen LogP contribution in [0.25, 0.3) is 11.1 Å². The molecule has 0 aliphatic heterocycles. The van der Waals surface area contributed by atoms with Gasteiger partial charge in [-0.2, -0.15) is 0 Å². The lowest BCUT2D eigenvalue weighted by molar-refractivity contribution is -0.150. The Bertz CT molecular complexity index is 975. The third-order valence-electron chi connectivity index (χ3n) is 4.12. The fraction of sp³-hybridized carbons (Fsp3) is 0.130. The van der Waals surface area contributed by atoms with Gasteiger partial charge in [-0.25, -0.2) is 4.79 Å². The summed E-state index contributed by atoms with van der Waals surface area (Å²) in [6.07, 6.45) is 0. The van der Waals surface area contributed by atoms with E-state index >= 15 is 0 Å². The van der Waals surface area contributed by atoms with Crippen LogP contribution in [-0.2, 0) is 20.9 Å². The third-order valence-corrected chi connectivity index (χ3v) is 4.48. The number of halogens is 1. The third kappa shape index (κ3) is 6.09. The average Bonchev–Trinajstić information content (AvgIpc) is 2.76. The number of carbonyl (C=O) groups excluding carboxylic acids is 2. The zero-order valence-electron chi connectivity index (χ0n) is 15.6. The highest BCUT2D eigenvalue weighted by atomic mass is 35.5. The molecule has 1 amide bonds. The van der Waals surface area contributed by atoms with E-state index in [1.165, 1.54) is 0 Å². The van der Waals surface area contributed by atoms with Crippen LogP contribution in [0.2, 0.25) is 5.02 Å². The molecule has 0 aliphatic rings. The minimum absolute atomic E-state index is 0.261. The summed E-state index contributed by atoms with van der Waals surface area (Å²) in [6.45, 7) is -0.411. The van der Waals surface area contributed by atoms with Crippen LogP contribution in [0.15, 0.2) is 78.9 Å². The molecule has 3 aromatic rings. The summed E-state index contributed by atoms with van der Waals surface area (Å²) in [5.74, 6) is -0.470. The van der Waals surface area contributed by atoms with E-state index in [4.69, 9.17) is 21.1 Å². The van der Waals surface area contributed by atoms with Crippen molar-refractivity contribution in [2.24, 2.45) is 0 Å². The topological polar surface area (TPSA) is 64.6 Å². The van der Waals surface area contributed by atoms with Gasteiger partial charge in [-0.1, -0.05) is 78.3 Å². The number of esters is 1. The molecule has 0 unspecified atom stereocenters. The van der Waals surface area contributed by atoms with Crippen LogP contribution in [0.4, 0.5) is 0 Å². The number of nitrogens with one attached hydrogen (secondary N) is 1. The molecule has 3 aromatic carbocycles. The molecule has 0 heterocycles. The zero-order chi connectivity index (χ0) is 20.5. The molecule has 0 saturated carbocycles. The first-order valence-corrected chi connectivity index (χ1v) is 9.44. The van der Waals surface area contributed by atoms with Crippen molar-refractivity contribution in [2.75, 3.05) is 13.2 Å². The monoisotopic (exact) mass is 409 g/mol. The standard InChI is InChI=1S/C23H20ClNO4/c24-20-12-6-4-10-18(20)14-25-22(26)15-29-23(27)16-28-21-13-7-5-11-19(21)17-8-2-1-3-9-17/h1-13H,14-16H2,(H,25,26). The molecule has 0 atom stereocenters. The van der Waals surface area contributed by atoms with Gasteiger partial charge < -0.3 is 14.8 Å². The van der Waals surface area contributed by atoms with Crippen molar-refractivity contribution < 1.29 is 19.1 Å². The number of ether oxygens (including phenoxy) is 2. The highest BCUT2D eigenvalue weighted by molar-refractivity contribution is 6.31. The summed E-state index contributed by atoms with van der Waals surface area (Å²) in [7, 11) is 0. The van der Waals surface area contributed by atoms with Gasteiger partial charge in [-0.15, -0.1) is 0 Å². The molecule has 0 aromatic heterocycles. The van der Waals surface area contributed by atoms with E-state index < -0.39 is 11.9 Å². The second-order valence-electron chi connectivity index (χ2n) is 6.18. The Morgan fingerprint density at radius 1 is 0.828 bits per heavy atom. The highest BCUT2D eigenvalue weighted by Crippen LogP contribution is 2.29. The Labute approximate surface area is 174 Å². The van der Waals surface area contributed by atoms with Crippen molar-refractivity contribution in [1.29, 1.82) is 0 Å². The SMILES string of the molecule is O=C(COC(=O)COc1ccccc1-c1ccccc1)NCc1ccccc1Cl. The first-order chi connectivity index (χ1) is 14.1. The average molecular weight is 410 g/mol. The van der Waals surface area contributed by atoms with Crippen molar-refractivity contribution in [3.05, 3.63) is 89.4 Å². The van der Waals surface area contributed by atoms with Gasteiger partial charge in [-0.3, -0.25) is 4.79 Å². The lowest BCUT2D eigenvalue weighted by atomic mass is 10.1. The van der Waals surface area contributed by atoms with E-state index in [1.807, 2.05) is 66.7 Å². The van der Waals surface area contributed by atoms with Crippen molar-refractivity contribution >= 4 is 23.5 Å². The molecule has 0 bridgehead atoms. The minimum atomic E-state index is -0.624. The first kappa shape index (κ1) is 20.4. The van der Waals surface area contributed by atoms with Crippen LogP contribution in [-0.4, -0.2) is 25.1 Å². The summed E-state index contributed by atoms with van der Waals surface area (Å²) < 4.78 is 10.6. The molecule has 3 rings (SSSR count). The van der Waals surface area contributed by atoms with Crippen molar-refractivity contribution in [3.8, 4) is 16.9 Å². The van der Waals surface area contributed by atoms with Crippen LogP contribution < -0.4 is 10.1 Å². The molecule has 0 spiro atoms. The van der Waals surface area contributed by atoms with Gasteiger partial charge in [0.2, 0.25) is 0 Å². The fourth-order valence-corrected chi connectivity index (χ4v) is 2.86. The molecule has 0 aliphatic carbocycles. The Balaban J connectivity index is 1.46. The second-order valence-corrected chi connectivity index (χ2v) is 6.59. The Morgan fingerprint density at radius 3 is 2.31 bits per heavy atom. The van der Waals surface area contributed by atoms with Crippen LogP contribution in [0, 0.1) is 0 Å². The van der Waals surface area contributed by atoms with Crippen LogP contribution in [0.1, 0.15) is 5.56 Å². The molecule has 6 heteroatoms. The number of amides is 1. The first-order valence-electron chi connectivity index (χ1n) is 9.06. The number of rotatable bonds is 8. The maximum atomic E-state index is 11.9. The zero-order valence-corrected chi connectivity index (χ0v) is 16.4. The molecule has 29 heavy (non-hydrogen) atoms.